The monoisotopic (exact) mass is 236 g/mol. The first-order valence-corrected chi connectivity index (χ1v) is 5.49. The van der Waals surface area contributed by atoms with Crippen LogP contribution >= 0.6 is 0 Å². The lowest BCUT2D eigenvalue weighted by atomic mass is 10.2. The molecule has 0 spiro atoms. The molecule has 0 aliphatic heterocycles. The van der Waals surface area contributed by atoms with Crippen molar-refractivity contribution in [3.05, 3.63) is 15.8 Å². The minimum Gasteiger partial charge on any atom is -0.364 e. The van der Waals surface area contributed by atoms with Gasteiger partial charge in [-0.2, -0.15) is 5.10 Å². The van der Waals surface area contributed by atoms with Crippen LogP contribution in [0.3, 0.4) is 0 Å². The molecule has 0 bridgehead atoms. The molecule has 1 aromatic rings. The Morgan fingerprint density at radius 1 is 1.65 bits per heavy atom. The third-order valence-electron chi connectivity index (χ3n) is 2.32. The largest absolute Gasteiger partial charge is 0.364 e. The number of anilines is 1. The van der Waals surface area contributed by atoms with E-state index >= 15 is 0 Å². The topological polar surface area (TPSA) is 73.0 Å². The van der Waals surface area contributed by atoms with Gasteiger partial charge >= 0.3 is 5.69 Å². The minimum atomic E-state index is -0.393. The number of aromatic nitrogens is 2. The molecule has 1 N–H and O–H groups in total. The SMILES string of the molecule is C#CCCNc1c([N+](=O)[O-])c(CCC)nn1C. The summed E-state index contributed by atoms with van der Waals surface area (Å²) in [7, 11) is 1.68. The highest BCUT2D eigenvalue weighted by atomic mass is 16.6. The standard InChI is InChI=1S/C11H16N4O2/c1-4-6-8-12-11-10(15(16)17)9(7-5-2)13-14(11)3/h1,12H,5-8H2,2-3H3. The molecule has 0 atom stereocenters. The van der Waals surface area contributed by atoms with E-state index in [2.05, 4.69) is 16.3 Å². The summed E-state index contributed by atoms with van der Waals surface area (Å²) in [5.74, 6) is 2.90. The van der Waals surface area contributed by atoms with Crippen molar-refractivity contribution in [2.24, 2.45) is 7.05 Å². The van der Waals surface area contributed by atoms with Crippen molar-refractivity contribution < 1.29 is 4.92 Å². The molecule has 1 aromatic heterocycles. The summed E-state index contributed by atoms with van der Waals surface area (Å²) < 4.78 is 1.50. The molecule has 0 fully saturated rings. The van der Waals surface area contributed by atoms with E-state index in [9.17, 15) is 10.1 Å². The van der Waals surface area contributed by atoms with E-state index in [-0.39, 0.29) is 5.69 Å². The van der Waals surface area contributed by atoms with Gasteiger partial charge in [-0.15, -0.1) is 12.3 Å². The number of nitro groups is 1. The first kappa shape index (κ1) is 13.0. The maximum atomic E-state index is 11.0. The molecular formula is C11H16N4O2. The zero-order valence-corrected chi connectivity index (χ0v) is 10.1. The highest BCUT2D eigenvalue weighted by molar-refractivity contribution is 5.59. The van der Waals surface area contributed by atoms with Gasteiger partial charge in [0.25, 0.3) is 0 Å². The molecule has 1 heterocycles. The molecule has 0 aromatic carbocycles. The average Bonchev–Trinajstić information content (AvgIpc) is 2.56. The van der Waals surface area contributed by atoms with Crippen LogP contribution in [0.1, 0.15) is 25.5 Å². The van der Waals surface area contributed by atoms with Crippen molar-refractivity contribution in [2.75, 3.05) is 11.9 Å². The van der Waals surface area contributed by atoms with Gasteiger partial charge in [-0.05, 0) is 6.42 Å². The highest BCUT2D eigenvalue weighted by Gasteiger charge is 2.25. The van der Waals surface area contributed by atoms with Crippen molar-refractivity contribution in [1.29, 1.82) is 0 Å². The van der Waals surface area contributed by atoms with E-state index in [4.69, 9.17) is 6.42 Å². The van der Waals surface area contributed by atoms with Gasteiger partial charge in [0.15, 0.2) is 0 Å². The molecule has 0 radical (unpaired) electrons. The minimum absolute atomic E-state index is 0.0615. The Hall–Kier alpha value is -2.03. The van der Waals surface area contributed by atoms with E-state index in [0.29, 0.717) is 30.9 Å². The number of rotatable bonds is 6. The Bertz CT molecular complexity index is 445. The van der Waals surface area contributed by atoms with E-state index < -0.39 is 4.92 Å². The van der Waals surface area contributed by atoms with Gasteiger partial charge < -0.3 is 5.32 Å². The van der Waals surface area contributed by atoms with E-state index in [1.54, 1.807) is 7.05 Å². The third kappa shape index (κ3) is 2.97. The maximum absolute atomic E-state index is 11.0. The lowest BCUT2D eigenvalue weighted by molar-refractivity contribution is -0.384. The number of nitrogens with one attached hydrogen (secondary N) is 1. The van der Waals surface area contributed by atoms with Crippen molar-refractivity contribution in [3.8, 4) is 12.3 Å². The van der Waals surface area contributed by atoms with Crippen molar-refractivity contribution in [3.63, 3.8) is 0 Å². The molecule has 0 saturated heterocycles. The maximum Gasteiger partial charge on any atom is 0.333 e. The summed E-state index contributed by atoms with van der Waals surface area (Å²) in [6, 6.07) is 0. The van der Waals surface area contributed by atoms with Crippen molar-refractivity contribution in [2.45, 2.75) is 26.2 Å². The number of hydrogen-bond donors (Lipinski definition) is 1. The summed E-state index contributed by atoms with van der Waals surface area (Å²) in [5.41, 5.74) is 0.578. The zero-order chi connectivity index (χ0) is 12.8. The number of terminal acetylenes is 1. The molecule has 0 aliphatic rings. The first-order chi connectivity index (χ1) is 8.11. The molecule has 6 nitrogen and oxygen atoms in total. The molecule has 0 unspecified atom stereocenters. The molecule has 0 amide bonds. The summed E-state index contributed by atoms with van der Waals surface area (Å²) in [6.45, 7) is 2.46. The normalized spacial score (nSPS) is 9.94. The molecular weight excluding hydrogens is 220 g/mol. The predicted molar refractivity (Wildman–Crippen MR) is 65.8 cm³/mol. The van der Waals surface area contributed by atoms with Gasteiger partial charge in [-0.3, -0.25) is 10.1 Å². The smallest absolute Gasteiger partial charge is 0.333 e. The van der Waals surface area contributed by atoms with Crippen molar-refractivity contribution >= 4 is 11.5 Å². The van der Waals surface area contributed by atoms with Crippen LogP contribution in [-0.4, -0.2) is 21.2 Å². The van der Waals surface area contributed by atoms with Crippen LogP contribution in [0.5, 0.6) is 0 Å². The molecule has 0 saturated carbocycles. The van der Waals surface area contributed by atoms with Crippen LogP contribution in [0.25, 0.3) is 0 Å². The van der Waals surface area contributed by atoms with E-state index in [0.717, 1.165) is 6.42 Å². The Morgan fingerprint density at radius 2 is 2.35 bits per heavy atom. The summed E-state index contributed by atoms with van der Waals surface area (Å²) >= 11 is 0. The van der Waals surface area contributed by atoms with E-state index in [1.807, 2.05) is 6.92 Å². The number of nitrogens with zero attached hydrogens (tertiary/aromatic N) is 3. The number of aryl methyl sites for hydroxylation is 2. The fourth-order valence-corrected chi connectivity index (χ4v) is 1.62. The van der Waals surface area contributed by atoms with Gasteiger partial charge in [0, 0.05) is 20.0 Å². The summed E-state index contributed by atoms with van der Waals surface area (Å²) in [6.07, 6.45) is 7.07. The van der Waals surface area contributed by atoms with Gasteiger partial charge in [-0.1, -0.05) is 13.3 Å². The quantitative estimate of drug-likeness (QED) is 0.353. The fraction of sp³-hybridized carbons (Fsp3) is 0.545. The third-order valence-corrected chi connectivity index (χ3v) is 2.32. The van der Waals surface area contributed by atoms with Crippen LogP contribution in [0.4, 0.5) is 11.5 Å². The zero-order valence-electron chi connectivity index (χ0n) is 10.1. The molecule has 0 aliphatic carbocycles. The molecule has 17 heavy (non-hydrogen) atoms. The van der Waals surface area contributed by atoms with Crippen molar-refractivity contribution in [1.82, 2.24) is 9.78 Å². The second-order valence-electron chi connectivity index (χ2n) is 3.66. The summed E-state index contributed by atoms with van der Waals surface area (Å²) in [5, 5.41) is 18.2. The van der Waals surface area contributed by atoms with E-state index in [1.165, 1.54) is 4.68 Å². The Kier molecular flexibility index (Phi) is 4.52. The second kappa shape index (κ2) is 5.89. The van der Waals surface area contributed by atoms with Crippen LogP contribution in [0.2, 0.25) is 0 Å². The Labute approximate surface area is 100 Å². The average molecular weight is 236 g/mol. The van der Waals surface area contributed by atoms with Crippen LogP contribution in [0, 0.1) is 22.5 Å². The number of hydrogen-bond acceptors (Lipinski definition) is 4. The van der Waals surface area contributed by atoms with Crippen LogP contribution < -0.4 is 5.32 Å². The molecule has 1 rings (SSSR count). The molecule has 6 heteroatoms. The molecule has 92 valence electrons. The lowest BCUT2D eigenvalue weighted by Crippen LogP contribution is -2.07. The van der Waals surface area contributed by atoms with Crippen LogP contribution in [0.15, 0.2) is 0 Å². The Balaban J connectivity index is 3.01. The van der Waals surface area contributed by atoms with Crippen LogP contribution in [-0.2, 0) is 13.5 Å². The van der Waals surface area contributed by atoms with Gasteiger partial charge in [0.05, 0.1) is 4.92 Å². The fourth-order valence-electron chi connectivity index (χ4n) is 1.62. The Morgan fingerprint density at radius 3 is 2.88 bits per heavy atom. The first-order valence-electron chi connectivity index (χ1n) is 5.49. The van der Waals surface area contributed by atoms with Gasteiger partial charge in [0.1, 0.15) is 5.69 Å². The second-order valence-corrected chi connectivity index (χ2v) is 3.66. The van der Waals surface area contributed by atoms with Gasteiger partial charge in [0.2, 0.25) is 5.82 Å². The highest BCUT2D eigenvalue weighted by Crippen LogP contribution is 2.28. The lowest BCUT2D eigenvalue weighted by Gasteiger charge is -2.03. The van der Waals surface area contributed by atoms with Gasteiger partial charge in [-0.25, -0.2) is 4.68 Å². The predicted octanol–water partition coefficient (Wildman–Crippen LogP) is 1.72. The summed E-state index contributed by atoms with van der Waals surface area (Å²) in [4.78, 5) is 10.6.